The van der Waals surface area contributed by atoms with Crippen molar-refractivity contribution in [2.24, 2.45) is 7.05 Å². The molecule has 0 spiro atoms. The monoisotopic (exact) mass is 365 g/mol. The quantitative estimate of drug-likeness (QED) is 0.783. The first-order chi connectivity index (χ1) is 11.8. The zero-order chi connectivity index (χ0) is 18.6. The fourth-order valence-corrected chi connectivity index (χ4v) is 3.31. The van der Waals surface area contributed by atoms with Crippen LogP contribution >= 0.6 is 0 Å². The smallest absolute Gasteiger partial charge is 0.268 e. The number of aryl methyl sites for hydroxylation is 1. The van der Waals surface area contributed by atoms with Gasteiger partial charge in [-0.15, -0.1) is 0 Å². The van der Waals surface area contributed by atoms with Gasteiger partial charge >= 0.3 is 0 Å². The average molecular weight is 365 g/mol. The lowest BCUT2D eigenvalue weighted by molar-refractivity contribution is 0.0927. The van der Waals surface area contributed by atoms with E-state index < -0.39 is 10.0 Å². The minimum absolute atomic E-state index is 0.0557. The first kappa shape index (κ1) is 19.0. The lowest BCUT2D eigenvalue weighted by Gasteiger charge is -2.18. The van der Waals surface area contributed by atoms with Gasteiger partial charge in [0.15, 0.2) is 0 Å². The molecule has 0 saturated carbocycles. The third-order valence-corrected chi connectivity index (χ3v) is 5.40. The normalized spacial score (nSPS) is 12.6. The Hall–Kier alpha value is -2.32. The van der Waals surface area contributed by atoms with Gasteiger partial charge in [0.25, 0.3) is 5.91 Å². The summed E-state index contributed by atoms with van der Waals surface area (Å²) in [4.78, 5) is 12.6. The molecular formula is C17H23N3O4S. The van der Waals surface area contributed by atoms with Gasteiger partial charge < -0.3 is 14.6 Å². The predicted molar refractivity (Wildman–Crippen MR) is 95.2 cm³/mol. The third-order valence-electron chi connectivity index (χ3n) is 4.02. The molecule has 1 aromatic heterocycles. The van der Waals surface area contributed by atoms with Crippen LogP contribution in [0.25, 0.3) is 0 Å². The number of amides is 1. The van der Waals surface area contributed by atoms with Crippen molar-refractivity contribution in [3.8, 4) is 5.75 Å². The SMILES string of the molecule is CCC(NC(=O)c1cc(S(=O)(=O)NC)cn1C)c1ccc(OC)cc1. The van der Waals surface area contributed by atoms with Crippen molar-refractivity contribution >= 4 is 15.9 Å². The van der Waals surface area contributed by atoms with Crippen molar-refractivity contribution in [1.82, 2.24) is 14.6 Å². The van der Waals surface area contributed by atoms with Crippen LogP contribution in [0.15, 0.2) is 41.4 Å². The second kappa shape index (κ2) is 7.71. The summed E-state index contributed by atoms with van der Waals surface area (Å²) in [7, 11) is 0.975. The van der Waals surface area contributed by atoms with E-state index in [1.807, 2.05) is 31.2 Å². The number of hydrogen-bond acceptors (Lipinski definition) is 4. The van der Waals surface area contributed by atoms with Gasteiger partial charge in [-0.2, -0.15) is 0 Å². The summed E-state index contributed by atoms with van der Waals surface area (Å²) in [6.07, 6.45) is 2.11. The number of hydrogen-bond donors (Lipinski definition) is 2. The van der Waals surface area contributed by atoms with Crippen LogP contribution in [-0.4, -0.2) is 33.0 Å². The maximum absolute atomic E-state index is 12.6. The van der Waals surface area contributed by atoms with Crippen molar-refractivity contribution in [1.29, 1.82) is 0 Å². The summed E-state index contributed by atoms with van der Waals surface area (Å²) in [5, 5.41) is 2.94. The first-order valence-electron chi connectivity index (χ1n) is 7.87. The minimum atomic E-state index is -3.59. The summed E-state index contributed by atoms with van der Waals surface area (Å²) in [6, 6.07) is 8.65. The molecule has 0 aliphatic rings. The minimum Gasteiger partial charge on any atom is -0.497 e. The number of nitrogens with zero attached hydrogens (tertiary/aromatic N) is 1. The standard InChI is InChI=1S/C17H23N3O4S/c1-5-15(12-6-8-13(24-4)9-7-12)19-17(21)16-10-14(11-20(16)3)25(22,23)18-2/h6-11,15,18H,5H2,1-4H3,(H,19,21). The number of aromatic nitrogens is 1. The van der Waals surface area contributed by atoms with Gasteiger partial charge in [-0.25, -0.2) is 13.1 Å². The Morgan fingerprint density at radius 2 is 1.92 bits per heavy atom. The van der Waals surface area contributed by atoms with E-state index >= 15 is 0 Å². The summed E-state index contributed by atoms with van der Waals surface area (Å²) in [5.74, 6) is 0.414. The van der Waals surface area contributed by atoms with Crippen LogP contribution in [-0.2, 0) is 17.1 Å². The number of carbonyl (C=O) groups is 1. The van der Waals surface area contributed by atoms with Gasteiger partial charge in [0.1, 0.15) is 16.3 Å². The zero-order valence-electron chi connectivity index (χ0n) is 14.7. The lowest BCUT2D eigenvalue weighted by Crippen LogP contribution is -2.29. The van der Waals surface area contributed by atoms with Crippen molar-refractivity contribution in [3.63, 3.8) is 0 Å². The van der Waals surface area contributed by atoms with Gasteiger partial charge in [-0.1, -0.05) is 19.1 Å². The molecule has 8 heteroatoms. The number of benzene rings is 1. The van der Waals surface area contributed by atoms with Crippen molar-refractivity contribution < 1.29 is 17.9 Å². The van der Waals surface area contributed by atoms with Crippen LogP contribution in [0.5, 0.6) is 5.75 Å². The van der Waals surface area contributed by atoms with E-state index in [9.17, 15) is 13.2 Å². The number of methoxy groups -OCH3 is 1. The van der Waals surface area contributed by atoms with Crippen LogP contribution in [0.1, 0.15) is 35.4 Å². The van der Waals surface area contributed by atoms with E-state index in [2.05, 4.69) is 10.0 Å². The Morgan fingerprint density at radius 3 is 2.44 bits per heavy atom. The number of sulfonamides is 1. The van der Waals surface area contributed by atoms with E-state index in [1.54, 1.807) is 14.2 Å². The van der Waals surface area contributed by atoms with E-state index in [-0.39, 0.29) is 22.5 Å². The second-order valence-corrected chi connectivity index (χ2v) is 7.47. The average Bonchev–Trinajstić information content (AvgIpc) is 3.02. The van der Waals surface area contributed by atoms with Gasteiger partial charge in [-0.3, -0.25) is 4.79 Å². The molecule has 0 aliphatic carbocycles. The van der Waals surface area contributed by atoms with E-state index in [1.165, 1.54) is 23.9 Å². The number of ether oxygens (including phenoxy) is 1. The van der Waals surface area contributed by atoms with Gasteiger partial charge in [0.05, 0.1) is 13.2 Å². The Labute approximate surface area is 148 Å². The highest BCUT2D eigenvalue weighted by molar-refractivity contribution is 7.89. The number of carbonyl (C=O) groups excluding carboxylic acids is 1. The fourth-order valence-electron chi connectivity index (χ4n) is 2.51. The van der Waals surface area contributed by atoms with E-state index in [4.69, 9.17) is 4.74 Å². The maximum Gasteiger partial charge on any atom is 0.268 e. The molecule has 1 heterocycles. The Bertz CT molecular complexity index is 841. The highest BCUT2D eigenvalue weighted by Crippen LogP contribution is 2.21. The topological polar surface area (TPSA) is 89.4 Å². The maximum atomic E-state index is 12.6. The molecule has 1 atom stereocenters. The molecule has 1 amide bonds. The zero-order valence-corrected chi connectivity index (χ0v) is 15.6. The molecule has 0 fully saturated rings. The summed E-state index contributed by atoms with van der Waals surface area (Å²) >= 11 is 0. The molecule has 7 nitrogen and oxygen atoms in total. The second-order valence-electron chi connectivity index (χ2n) is 5.59. The van der Waals surface area contributed by atoms with E-state index in [0.29, 0.717) is 6.42 Å². The predicted octanol–water partition coefficient (Wildman–Crippen LogP) is 1.82. The Kier molecular flexibility index (Phi) is 5.86. The van der Waals surface area contributed by atoms with Gasteiger partial charge in [0.2, 0.25) is 10.0 Å². The fraction of sp³-hybridized carbons (Fsp3) is 0.353. The molecule has 136 valence electrons. The molecule has 2 aromatic rings. The van der Waals surface area contributed by atoms with Crippen molar-refractivity contribution in [2.45, 2.75) is 24.3 Å². The van der Waals surface area contributed by atoms with Crippen LogP contribution in [0.2, 0.25) is 0 Å². The van der Waals surface area contributed by atoms with Crippen molar-refractivity contribution in [3.05, 3.63) is 47.8 Å². The van der Waals surface area contributed by atoms with Crippen LogP contribution in [0, 0.1) is 0 Å². The Balaban J connectivity index is 2.22. The molecule has 1 unspecified atom stereocenters. The van der Waals surface area contributed by atoms with Gasteiger partial charge in [0, 0.05) is 13.2 Å². The highest BCUT2D eigenvalue weighted by atomic mass is 32.2. The van der Waals surface area contributed by atoms with E-state index in [0.717, 1.165) is 11.3 Å². The molecule has 2 rings (SSSR count). The first-order valence-corrected chi connectivity index (χ1v) is 9.35. The van der Waals surface area contributed by atoms with Crippen LogP contribution < -0.4 is 14.8 Å². The number of rotatable bonds is 7. The molecule has 0 saturated heterocycles. The van der Waals surface area contributed by atoms with Crippen molar-refractivity contribution in [2.75, 3.05) is 14.2 Å². The third kappa shape index (κ3) is 4.21. The summed E-state index contributed by atoms with van der Waals surface area (Å²) in [6.45, 7) is 1.97. The Morgan fingerprint density at radius 1 is 1.28 bits per heavy atom. The molecule has 0 aliphatic heterocycles. The summed E-state index contributed by atoms with van der Waals surface area (Å²) in [5.41, 5.74) is 1.23. The lowest BCUT2D eigenvalue weighted by atomic mass is 10.0. The molecule has 2 N–H and O–H groups in total. The molecule has 1 aromatic carbocycles. The molecule has 25 heavy (non-hydrogen) atoms. The molecule has 0 radical (unpaired) electrons. The summed E-state index contributed by atoms with van der Waals surface area (Å²) < 4.78 is 32.6. The van der Waals surface area contributed by atoms with Crippen LogP contribution in [0.4, 0.5) is 0 Å². The molecule has 0 bridgehead atoms. The number of nitrogens with one attached hydrogen (secondary N) is 2. The highest BCUT2D eigenvalue weighted by Gasteiger charge is 2.21. The largest absolute Gasteiger partial charge is 0.497 e. The van der Waals surface area contributed by atoms with Crippen LogP contribution in [0.3, 0.4) is 0 Å². The molecular weight excluding hydrogens is 342 g/mol. The van der Waals surface area contributed by atoms with Gasteiger partial charge in [-0.05, 0) is 37.2 Å².